The van der Waals surface area contributed by atoms with E-state index in [0.717, 1.165) is 22.4 Å². The lowest BCUT2D eigenvalue weighted by Crippen LogP contribution is -2.05. The third kappa shape index (κ3) is 1.87. The van der Waals surface area contributed by atoms with Crippen LogP contribution in [-0.2, 0) is 6.42 Å². The first kappa shape index (κ1) is 11.5. The van der Waals surface area contributed by atoms with E-state index >= 15 is 0 Å². The molecule has 1 aliphatic rings. The van der Waals surface area contributed by atoms with Gasteiger partial charge in [0.1, 0.15) is 5.82 Å². The Balaban J connectivity index is 1.98. The second-order valence-corrected chi connectivity index (χ2v) is 5.11. The Hall–Kier alpha value is -1.54. The highest BCUT2D eigenvalue weighted by Crippen LogP contribution is 2.38. The van der Waals surface area contributed by atoms with Crippen molar-refractivity contribution >= 4 is 17.3 Å². The van der Waals surface area contributed by atoms with Gasteiger partial charge in [0.15, 0.2) is 0 Å². The molecule has 1 aliphatic heterocycles. The number of hydrogen-bond donors (Lipinski definition) is 1. The maximum absolute atomic E-state index is 13.8. The molecule has 92 valence electrons. The van der Waals surface area contributed by atoms with Gasteiger partial charge in [0.25, 0.3) is 0 Å². The summed E-state index contributed by atoms with van der Waals surface area (Å²) in [5.41, 5.74) is 3.88. The molecule has 0 radical (unpaired) electrons. The van der Waals surface area contributed by atoms with E-state index in [-0.39, 0.29) is 11.9 Å². The van der Waals surface area contributed by atoms with Crippen LogP contribution in [0.25, 0.3) is 0 Å². The SMILES string of the molecule is Cc1ccc(F)c2c1NC(c1cccc(Cl)c1)C2. The summed E-state index contributed by atoms with van der Waals surface area (Å²) in [4.78, 5) is 0. The minimum absolute atomic E-state index is 0.106. The van der Waals surface area contributed by atoms with E-state index in [1.54, 1.807) is 0 Å². The van der Waals surface area contributed by atoms with Crippen molar-refractivity contribution in [3.8, 4) is 0 Å². The Morgan fingerprint density at radius 2 is 2.11 bits per heavy atom. The minimum Gasteiger partial charge on any atom is -0.377 e. The lowest BCUT2D eigenvalue weighted by Gasteiger charge is -2.12. The van der Waals surface area contributed by atoms with Gasteiger partial charge in [0.05, 0.1) is 6.04 Å². The zero-order valence-electron chi connectivity index (χ0n) is 10.0. The van der Waals surface area contributed by atoms with Crippen molar-refractivity contribution in [2.45, 2.75) is 19.4 Å². The van der Waals surface area contributed by atoms with Gasteiger partial charge < -0.3 is 5.32 Å². The number of benzene rings is 2. The van der Waals surface area contributed by atoms with Crippen LogP contribution in [0.15, 0.2) is 36.4 Å². The summed E-state index contributed by atoms with van der Waals surface area (Å²) >= 11 is 6.00. The largest absolute Gasteiger partial charge is 0.377 e. The van der Waals surface area contributed by atoms with Crippen LogP contribution in [0, 0.1) is 12.7 Å². The number of fused-ring (bicyclic) bond motifs is 1. The van der Waals surface area contributed by atoms with Gasteiger partial charge in [-0.05, 0) is 36.2 Å². The predicted octanol–water partition coefficient (Wildman–Crippen LogP) is 4.50. The maximum Gasteiger partial charge on any atom is 0.128 e. The van der Waals surface area contributed by atoms with Gasteiger partial charge in [-0.15, -0.1) is 0 Å². The Labute approximate surface area is 111 Å². The molecule has 0 fully saturated rings. The Morgan fingerprint density at radius 3 is 2.83 bits per heavy atom. The smallest absolute Gasteiger partial charge is 0.128 e. The molecule has 0 spiro atoms. The quantitative estimate of drug-likeness (QED) is 0.797. The molecule has 1 atom stereocenters. The highest BCUT2D eigenvalue weighted by Gasteiger charge is 2.26. The van der Waals surface area contributed by atoms with E-state index in [1.807, 2.05) is 37.3 Å². The van der Waals surface area contributed by atoms with Crippen molar-refractivity contribution in [2.75, 3.05) is 5.32 Å². The summed E-state index contributed by atoms with van der Waals surface area (Å²) in [6, 6.07) is 11.2. The van der Waals surface area contributed by atoms with Crippen LogP contribution in [-0.4, -0.2) is 0 Å². The summed E-state index contributed by atoms with van der Waals surface area (Å²) < 4.78 is 13.8. The normalized spacial score (nSPS) is 17.4. The van der Waals surface area contributed by atoms with Crippen LogP contribution in [0.1, 0.15) is 22.7 Å². The fraction of sp³-hybridized carbons (Fsp3) is 0.200. The van der Waals surface area contributed by atoms with E-state index in [2.05, 4.69) is 5.32 Å². The van der Waals surface area contributed by atoms with E-state index in [4.69, 9.17) is 11.6 Å². The van der Waals surface area contributed by atoms with Crippen LogP contribution in [0.3, 0.4) is 0 Å². The third-order valence-electron chi connectivity index (χ3n) is 3.44. The molecule has 1 nitrogen and oxygen atoms in total. The van der Waals surface area contributed by atoms with E-state index in [9.17, 15) is 4.39 Å². The maximum atomic E-state index is 13.8. The molecule has 1 heterocycles. The fourth-order valence-corrected chi connectivity index (χ4v) is 2.69. The summed E-state index contributed by atoms with van der Waals surface area (Å²) in [6.45, 7) is 1.99. The molecule has 1 N–H and O–H groups in total. The van der Waals surface area contributed by atoms with Crippen molar-refractivity contribution < 1.29 is 4.39 Å². The standard InChI is InChI=1S/C15H13ClFN/c1-9-5-6-13(17)12-8-14(18-15(9)12)10-3-2-4-11(16)7-10/h2-7,14,18H,8H2,1H3. The number of nitrogens with one attached hydrogen (secondary N) is 1. The summed E-state index contributed by atoms with van der Waals surface area (Å²) in [5.74, 6) is -0.132. The number of aryl methyl sites for hydroxylation is 1. The van der Waals surface area contributed by atoms with Crippen molar-refractivity contribution in [3.63, 3.8) is 0 Å². The molecule has 0 aliphatic carbocycles. The molecule has 0 saturated carbocycles. The van der Waals surface area contributed by atoms with E-state index in [1.165, 1.54) is 6.07 Å². The van der Waals surface area contributed by atoms with Crippen LogP contribution < -0.4 is 5.32 Å². The van der Waals surface area contributed by atoms with Gasteiger partial charge in [-0.25, -0.2) is 4.39 Å². The van der Waals surface area contributed by atoms with Gasteiger partial charge in [-0.2, -0.15) is 0 Å². The molecule has 1 unspecified atom stereocenters. The van der Waals surface area contributed by atoms with Crippen molar-refractivity contribution in [1.82, 2.24) is 0 Å². The second kappa shape index (κ2) is 4.29. The molecule has 0 saturated heterocycles. The van der Waals surface area contributed by atoms with Crippen molar-refractivity contribution in [3.05, 3.63) is 63.9 Å². The first-order valence-electron chi connectivity index (χ1n) is 5.95. The highest BCUT2D eigenvalue weighted by molar-refractivity contribution is 6.30. The lowest BCUT2D eigenvalue weighted by atomic mass is 10.0. The number of anilines is 1. The Bertz CT molecular complexity index is 578. The topological polar surface area (TPSA) is 12.0 Å². The summed E-state index contributed by atoms with van der Waals surface area (Å²) in [7, 11) is 0. The zero-order chi connectivity index (χ0) is 12.7. The predicted molar refractivity (Wildman–Crippen MR) is 72.7 cm³/mol. The molecule has 0 bridgehead atoms. The van der Waals surface area contributed by atoms with E-state index in [0.29, 0.717) is 11.4 Å². The monoisotopic (exact) mass is 261 g/mol. The Kier molecular flexibility index (Phi) is 2.75. The Morgan fingerprint density at radius 1 is 1.28 bits per heavy atom. The molecule has 3 heteroatoms. The van der Waals surface area contributed by atoms with Crippen LogP contribution in [0.5, 0.6) is 0 Å². The molecule has 18 heavy (non-hydrogen) atoms. The summed E-state index contributed by atoms with van der Waals surface area (Å²) in [5, 5.41) is 4.10. The fourth-order valence-electron chi connectivity index (χ4n) is 2.49. The summed E-state index contributed by atoms with van der Waals surface area (Å²) in [6.07, 6.45) is 0.670. The van der Waals surface area contributed by atoms with Gasteiger partial charge in [-0.3, -0.25) is 0 Å². The molecule has 2 aromatic rings. The molecular weight excluding hydrogens is 249 g/mol. The number of rotatable bonds is 1. The van der Waals surface area contributed by atoms with Crippen molar-refractivity contribution in [2.24, 2.45) is 0 Å². The molecule has 0 aromatic heterocycles. The lowest BCUT2D eigenvalue weighted by molar-refractivity contribution is 0.610. The third-order valence-corrected chi connectivity index (χ3v) is 3.68. The zero-order valence-corrected chi connectivity index (χ0v) is 10.8. The van der Waals surface area contributed by atoms with Gasteiger partial charge in [0, 0.05) is 22.7 Å². The molecule has 2 aromatic carbocycles. The van der Waals surface area contributed by atoms with E-state index < -0.39 is 0 Å². The number of halogens is 2. The van der Waals surface area contributed by atoms with Crippen LogP contribution in [0.4, 0.5) is 10.1 Å². The van der Waals surface area contributed by atoms with Crippen LogP contribution in [0.2, 0.25) is 5.02 Å². The first-order valence-corrected chi connectivity index (χ1v) is 6.33. The number of hydrogen-bond acceptors (Lipinski definition) is 1. The minimum atomic E-state index is -0.132. The van der Waals surface area contributed by atoms with Crippen molar-refractivity contribution in [1.29, 1.82) is 0 Å². The second-order valence-electron chi connectivity index (χ2n) is 4.67. The molecule has 0 amide bonds. The first-order chi connectivity index (χ1) is 8.65. The van der Waals surface area contributed by atoms with Crippen LogP contribution >= 0.6 is 11.6 Å². The molecular formula is C15H13ClFN. The van der Waals surface area contributed by atoms with Gasteiger partial charge in [0.2, 0.25) is 0 Å². The molecule has 3 rings (SSSR count). The average molecular weight is 262 g/mol. The van der Waals surface area contributed by atoms with Gasteiger partial charge in [-0.1, -0.05) is 29.8 Å². The van der Waals surface area contributed by atoms with Gasteiger partial charge >= 0.3 is 0 Å². The average Bonchev–Trinajstić information content (AvgIpc) is 2.80. The highest BCUT2D eigenvalue weighted by atomic mass is 35.5.